The summed E-state index contributed by atoms with van der Waals surface area (Å²) in [7, 11) is -3.41. The third kappa shape index (κ3) is 5.52. The zero-order chi connectivity index (χ0) is 25.2. The van der Waals surface area contributed by atoms with Crippen molar-refractivity contribution in [3.63, 3.8) is 0 Å². The van der Waals surface area contributed by atoms with Gasteiger partial charge in [-0.05, 0) is 60.7 Å². The fourth-order valence-electron chi connectivity index (χ4n) is 5.46. The number of aryl methyl sites for hydroxylation is 1. The molecule has 1 unspecified atom stereocenters. The standard InChI is InChI=1S/C25H27N3O4S.C2H6/c1-33(30,31)27-20-5-7-24-22(14-20)23(29)15-25(32-24)8-10-28(11-9-25)21-6-4-18-12-17(16-26)2-3-19(18)13-21;1-2/h2-3,5,7,12,14,21,27H,4,6,8-11,13,15H2,1H3;1-2H3. The Bertz CT molecular complexity index is 1260. The molecule has 2 aromatic carbocycles. The fraction of sp³-hybridized carbons (Fsp3) is 0.481. The van der Waals surface area contributed by atoms with Gasteiger partial charge in [0.25, 0.3) is 0 Å². The lowest BCUT2D eigenvalue weighted by Crippen LogP contribution is -2.54. The van der Waals surface area contributed by atoms with Crippen LogP contribution in [-0.2, 0) is 22.9 Å². The number of ether oxygens (including phenoxy) is 1. The van der Waals surface area contributed by atoms with E-state index in [1.54, 1.807) is 18.2 Å². The number of piperidine rings is 1. The average molecular weight is 496 g/mol. The Balaban J connectivity index is 0.00000141. The molecule has 0 amide bonds. The number of anilines is 1. The van der Waals surface area contributed by atoms with E-state index in [0.717, 1.165) is 57.0 Å². The summed E-state index contributed by atoms with van der Waals surface area (Å²) in [4.78, 5) is 15.5. The second kappa shape index (κ2) is 10.00. The molecule has 7 nitrogen and oxygen atoms in total. The quantitative estimate of drug-likeness (QED) is 0.681. The lowest BCUT2D eigenvalue weighted by molar-refractivity contribution is -0.0200. The van der Waals surface area contributed by atoms with Crippen molar-refractivity contribution in [2.75, 3.05) is 24.1 Å². The first-order valence-corrected chi connectivity index (χ1v) is 14.2. The second-order valence-corrected chi connectivity index (χ2v) is 11.2. The number of hydrogen-bond donors (Lipinski definition) is 1. The maximum atomic E-state index is 13.0. The molecule has 0 radical (unpaired) electrons. The van der Waals surface area contributed by atoms with Crippen molar-refractivity contribution in [3.8, 4) is 11.8 Å². The van der Waals surface area contributed by atoms with Gasteiger partial charge in [0.2, 0.25) is 10.0 Å². The third-order valence-electron chi connectivity index (χ3n) is 7.16. The summed E-state index contributed by atoms with van der Waals surface area (Å²) in [5.74, 6) is 0.542. The molecule has 0 saturated carbocycles. The van der Waals surface area contributed by atoms with Crippen LogP contribution in [0.1, 0.15) is 66.6 Å². The van der Waals surface area contributed by atoms with Gasteiger partial charge in [-0.15, -0.1) is 0 Å². The second-order valence-electron chi connectivity index (χ2n) is 9.50. The molecule has 2 aliphatic heterocycles. The number of likely N-dealkylation sites (tertiary alicyclic amines) is 1. The molecule has 2 aromatic rings. The number of benzene rings is 2. The number of hydrogen-bond acceptors (Lipinski definition) is 6. The number of sulfonamides is 1. The summed E-state index contributed by atoms with van der Waals surface area (Å²) in [6.07, 6.45) is 6.04. The van der Waals surface area contributed by atoms with Crippen LogP contribution >= 0.6 is 0 Å². The molecule has 5 rings (SSSR count). The van der Waals surface area contributed by atoms with Gasteiger partial charge < -0.3 is 4.74 Å². The number of carbonyl (C=O) groups excluding carboxylic acids is 1. The minimum absolute atomic E-state index is 0.00161. The van der Waals surface area contributed by atoms with Gasteiger partial charge in [0.1, 0.15) is 11.4 Å². The highest BCUT2D eigenvalue weighted by Gasteiger charge is 2.44. The number of carbonyl (C=O) groups is 1. The van der Waals surface area contributed by atoms with Crippen LogP contribution in [0.2, 0.25) is 0 Å². The highest BCUT2D eigenvalue weighted by molar-refractivity contribution is 7.92. The molecule has 35 heavy (non-hydrogen) atoms. The predicted molar refractivity (Wildman–Crippen MR) is 136 cm³/mol. The fourth-order valence-corrected chi connectivity index (χ4v) is 6.02. The molecule has 3 aliphatic rings. The van der Waals surface area contributed by atoms with Crippen LogP contribution in [0.5, 0.6) is 5.75 Å². The first-order valence-electron chi connectivity index (χ1n) is 12.3. The Morgan fingerprint density at radius 2 is 1.86 bits per heavy atom. The minimum atomic E-state index is -3.41. The molecule has 1 spiro atoms. The Labute approximate surface area is 208 Å². The molecule has 8 heteroatoms. The van der Waals surface area contributed by atoms with Crippen molar-refractivity contribution in [1.82, 2.24) is 4.90 Å². The van der Waals surface area contributed by atoms with E-state index in [1.165, 1.54) is 11.1 Å². The summed E-state index contributed by atoms with van der Waals surface area (Å²) >= 11 is 0. The van der Waals surface area contributed by atoms with Crippen molar-refractivity contribution in [3.05, 3.63) is 58.7 Å². The molecule has 1 fully saturated rings. The highest BCUT2D eigenvalue weighted by Crippen LogP contribution is 2.41. The maximum absolute atomic E-state index is 13.0. The molecule has 0 aromatic heterocycles. The summed E-state index contributed by atoms with van der Waals surface area (Å²) in [5, 5.41) is 9.13. The van der Waals surface area contributed by atoms with E-state index in [4.69, 9.17) is 10.00 Å². The number of ketones is 1. The summed E-state index contributed by atoms with van der Waals surface area (Å²) in [6, 6.07) is 13.6. The van der Waals surface area contributed by atoms with Crippen molar-refractivity contribution < 1.29 is 17.9 Å². The molecule has 1 atom stereocenters. The van der Waals surface area contributed by atoms with E-state index in [0.29, 0.717) is 29.5 Å². The monoisotopic (exact) mass is 495 g/mol. The van der Waals surface area contributed by atoms with Crippen LogP contribution in [0.3, 0.4) is 0 Å². The topological polar surface area (TPSA) is 99.5 Å². The summed E-state index contributed by atoms with van der Waals surface area (Å²) in [5.41, 5.74) is 3.69. The van der Waals surface area contributed by atoms with Crippen LogP contribution in [0.25, 0.3) is 0 Å². The van der Waals surface area contributed by atoms with Gasteiger partial charge in [-0.3, -0.25) is 14.4 Å². The number of nitrogens with one attached hydrogen (secondary N) is 1. The Morgan fingerprint density at radius 1 is 1.11 bits per heavy atom. The molecule has 0 bridgehead atoms. The Morgan fingerprint density at radius 3 is 2.54 bits per heavy atom. The van der Waals surface area contributed by atoms with Crippen molar-refractivity contribution in [1.29, 1.82) is 5.26 Å². The van der Waals surface area contributed by atoms with Gasteiger partial charge in [0.15, 0.2) is 5.78 Å². The number of rotatable bonds is 3. The zero-order valence-electron chi connectivity index (χ0n) is 20.6. The zero-order valence-corrected chi connectivity index (χ0v) is 21.5. The largest absolute Gasteiger partial charge is 0.486 e. The molecule has 2 heterocycles. The average Bonchev–Trinajstić information content (AvgIpc) is 2.84. The third-order valence-corrected chi connectivity index (χ3v) is 7.76. The molecule has 1 saturated heterocycles. The van der Waals surface area contributed by atoms with E-state index in [-0.39, 0.29) is 5.78 Å². The van der Waals surface area contributed by atoms with Crippen molar-refractivity contribution in [2.45, 2.75) is 64.0 Å². The smallest absolute Gasteiger partial charge is 0.229 e. The van der Waals surface area contributed by atoms with Crippen molar-refractivity contribution >= 4 is 21.5 Å². The number of Topliss-reactive ketones (excluding diaryl/α,β-unsaturated/α-hetero) is 1. The lowest BCUT2D eigenvalue weighted by Gasteiger charge is -2.46. The van der Waals surface area contributed by atoms with Gasteiger partial charge in [-0.1, -0.05) is 19.9 Å². The number of nitriles is 1. The van der Waals surface area contributed by atoms with Gasteiger partial charge in [0, 0.05) is 37.7 Å². The van der Waals surface area contributed by atoms with Gasteiger partial charge >= 0.3 is 0 Å². The number of fused-ring (bicyclic) bond motifs is 2. The maximum Gasteiger partial charge on any atom is 0.229 e. The molecule has 1 N–H and O–H groups in total. The minimum Gasteiger partial charge on any atom is -0.486 e. The Hall–Kier alpha value is -2.89. The van der Waals surface area contributed by atoms with Gasteiger partial charge in [0.05, 0.1) is 29.9 Å². The van der Waals surface area contributed by atoms with E-state index in [1.807, 2.05) is 26.0 Å². The van der Waals surface area contributed by atoms with E-state index in [9.17, 15) is 13.2 Å². The molecule has 1 aliphatic carbocycles. The molecular formula is C27H33N3O4S. The van der Waals surface area contributed by atoms with Crippen LogP contribution in [-0.4, -0.2) is 50.1 Å². The van der Waals surface area contributed by atoms with Crippen molar-refractivity contribution in [2.24, 2.45) is 0 Å². The summed E-state index contributed by atoms with van der Waals surface area (Å²) in [6.45, 7) is 5.76. The lowest BCUT2D eigenvalue weighted by atomic mass is 9.80. The van der Waals surface area contributed by atoms with Crippen LogP contribution in [0.15, 0.2) is 36.4 Å². The Kier molecular flexibility index (Phi) is 7.20. The highest BCUT2D eigenvalue weighted by atomic mass is 32.2. The number of nitrogens with zero attached hydrogens (tertiary/aromatic N) is 2. The normalized spacial score (nSPS) is 21.0. The molecule has 186 valence electrons. The van der Waals surface area contributed by atoms with E-state index < -0.39 is 15.6 Å². The molecular weight excluding hydrogens is 462 g/mol. The first kappa shape index (κ1) is 25.2. The van der Waals surface area contributed by atoms with Crippen LogP contribution in [0, 0.1) is 11.3 Å². The van der Waals surface area contributed by atoms with Crippen LogP contribution in [0.4, 0.5) is 5.69 Å². The summed E-state index contributed by atoms with van der Waals surface area (Å²) < 4.78 is 31.8. The van der Waals surface area contributed by atoms with E-state index >= 15 is 0 Å². The van der Waals surface area contributed by atoms with Crippen LogP contribution < -0.4 is 9.46 Å². The van der Waals surface area contributed by atoms with Gasteiger partial charge in [-0.25, -0.2) is 8.42 Å². The SMILES string of the molecule is CC.CS(=O)(=O)Nc1ccc2c(c1)C(=O)CC1(CCN(C3CCc4cc(C#N)ccc4C3)CC1)O2. The predicted octanol–water partition coefficient (Wildman–Crippen LogP) is 4.31. The first-order chi connectivity index (χ1) is 16.7. The van der Waals surface area contributed by atoms with Gasteiger partial charge in [-0.2, -0.15) is 5.26 Å². The van der Waals surface area contributed by atoms with E-state index in [2.05, 4.69) is 21.8 Å².